The molecule has 0 fully saturated rings. The van der Waals surface area contributed by atoms with E-state index in [2.05, 4.69) is 67.0 Å². The number of benzene rings is 4. The van der Waals surface area contributed by atoms with Crippen LogP contribution in [-0.4, -0.2) is 44.4 Å². The van der Waals surface area contributed by atoms with Gasteiger partial charge in [-0.15, -0.1) is 0 Å². The second-order valence-corrected chi connectivity index (χ2v) is 11.4. The predicted molar refractivity (Wildman–Crippen MR) is 184 cm³/mol. The molecular formula is C38H21N9. The molecule has 0 N–H and O–H groups in total. The van der Waals surface area contributed by atoms with Crippen LogP contribution < -0.4 is 0 Å². The van der Waals surface area contributed by atoms with Gasteiger partial charge in [0.05, 0.1) is 27.8 Å². The summed E-state index contributed by atoms with van der Waals surface area (Å²) in [6.07, 6.45) is 8.58. The highest BCUT2D eigenvalue weighted by Crippen LogP contribution is 2.37. The Labute approximate surface area is 266 Å². The molecule has 0 atom stereocenters. The molecule has 0 saturated carbocycles. The van der Waals surface area contributed by atoms with Gasteiger partial charge < -0.3 is 0 Å². The van der Waals surface area contributed by atoms with Gasteiger partial charge in [-0.2, -0.15) is 0 Å². The Hall–Kier alpha value is -6.74. The van der Waals surface area contributed by atoms with Gasteiger partial charge in [0.15, 0.2) is 11.6 Å². The zero-order valence-electron chi connectivity index (χ0n) is 24.6. The fourth-order valence-electron chi connectivity index (χ4n) is 6.63. The lowest BCUT2D eigenvalue weighted by Gasteiger charge is -2.14. The third-order valence-electron chi connectivity index (χ3n) is 8.74. The number of aromatic nitrogens is 9. The summed E-state index contributed by atoms with van der Waals surface area (Å²) in [4.78, 5) is 38.4. The fourth-order valence-corrected chi connectivity index (χ4v) is 6.63. The van der Waals surface area contributed by atoms with Crippen LogP contribution in [0, 0.1) is 0 Å². The van der Waals surface area contributed by atoms with Crippen molar-refractivity contribution in [2.45, 2.75) is 0 Å². The monoisotopic (exact) mass is 603 g/mol. The van der Waals surface area contributed by atoms with Crippen LogP contribution in [0.3, 0.4) is 0 Å². The van der Waals surface area contributed by atoms with E-state index in [1.54, 1.807) is 12.7 Å². The second kappa shape index (κ2) is 9.88. The minimum Gasteiger partial charge on any atom is -0.277 e. The molecule has 9 heteroatoms. The summed E-state index contributed by atoms with van der Waals surface area (Å²) in [7, 11) is 0. The van der Waals surface area contributed by atoms with E-state index in [4.69, 9.17) is 19.9 Å². The van der Waals surface area contributed by atoms with Gasteiger partial charge in [-0.05, 0) is 36.4 Å². The van der Waals surface area contributed by atoms with Crippen molar-refractivity contribution in [1.29, 1.82) is 0 Å². The molecule has 4 aromatic carbocycles. The minimum atomic E-state index is 0.538. The number of hydrogen-bond acceptors (Lipinski definition) is 8. The normalized spacial score (nSPS) is 11.8. The van der Waals surface area contributed by atoms with Crippen LogP contribution in [0.2, 0.25) is 0 Å². The van der Waals surface area contributed by atoms with Crippen molar-refractivity contribution in [2.24, 2.45) is 0 Å². The highest BCUT2D eigenvalue weighted by Gasteiger charge is 2.21. The first kappa shape index (κ1) is 25.6. The molecule has 6 aromatic heterocycles. The molecule has 0 aliphatic carbocycles. The number of nitrogens with zero attached hydrogens (tertiary/aromatic N) is 9. The molecule has 9 nitrogen and oxygen atoms in total. The molecule has 0 aliphatic heterocycles. The van der Waals surface area contributed by atoms with E-state index in [-0.39, 0.29) is 0 Å². The van der Waals surface area contributed by atoms with Gasteiger partial charge in [-0.25, -0.2) is 39.9 Å². The van der Waals surface area contributed by atoms with Crippen LogP contribution in [0.15, 0.2) is 128 Å². The van der Waals surface area contributed by atoms with Gasteiger partial charge in [0, 0.05) is 62.0 Å². The maximum Gasteiger partial charge on any atom is 0.164 e. The average Bonchev–Trinajstić information content (AvgIpc) is 3.48. The smallest absolute Gasteiger partial charge is 0.164 e. The molecule has 0 aliphatic rings. The molecular weight excluding hydrogens is 582 g/mol. The number of hydrogen-bond donors (Lipinski definition) is 0. The quantitative estimate of drug-likeness (QED) is 0.188. The molecule has 10 rings (SSSR count). The van der Waals surface area contributed by atoms with E-state index in [1.165, 1.54) is 0 Å². The summed E-state index contributed by atoms with van der Waals surface area (Å²) in [6.45, 7) is 0. The van der Waals surface area contributed by atoms with Crippen molar-refractivity contribution in [2.75, 3.05) is 0 Å². The van der Waals surface area contributed by atoms with E-state index in [0.29, 0.717) is 11.6 Å². The summed E-state index contributed by atoms with van der Waals surface area (Å²) in [5.74, 6) is 1.25. The molecule has 0 saturated heterocycles. The lowest BCUT2D eigenvalue weighted by molar-refractivity contribution is 1.06. The maximum atomic E-state index is 5.30. The van der Waals surface area contributed by atoms with E-state index in [1.807, 2.05) is 73.2 Å². The van der Waals surface area contributed by atoms with Gasteiger partial charge in [0.1, 0.15) is 23.8 Å². The predicted octanol–water partition coefficient (Wildman–Crippen LogP) is 7.89. The van der Waals surface area contributed by atoms with Crippen LogP contribution in [-0.2, 0) is 0 Å². The third kappa shape index (κ3) is 3.83. The van der Waals surface area contributed by atoms with E-state index in [9.17, 15) is 0 Å². The SMILES string of the molecule is c1cc(-c2ccc3ccc4c(-n5c6ccccc6c6cccnc65)nc(-c5cccc6cncnc56)nc4c3n2)c2ncncc2c1. The minimum absolute atomic E-state index is 0.538. The van der Waals surface area contributed by atoms with Crippen molar-refractivity contribution >= 4 is 65.5 Å². The first-order chi connectivity index (χ1) is 23.3. The Kier molecular flexibility index (Phi) is 5.38. The van der Waals surface area contributed by atoms with Crippen LogP contribution in [0.4, 0.5) is 0 Å². The average molecular weight is 604 g/mol. The summed E-state index contributed by atoms with van der Waals surface area (Å²) in [6, 6.07) is 32.7. The molecule has 6 heterocycles. The van der Waals surface area contributed by atoms with Crippen LogP contribution in [0.1, 0.15) is 0 Å². The van der Waals surface area contributed by atoms with Crippen molar-refractivity contribution in [3.05, 3.63) is 128 Å². The molecule has 0 unspecified atom stereocenters. The van der Waals surface area contributed by atoms with Crippen molar-refractivity contribution in [3.8, 4) is 28.5 Å². The Balaban J connectivity index is 1.35. The van der Waals surface area contributed by atoms with Gasteiger partial charge in [0.25, 0.3) is 0 Å². The Morgan fingerprint density at radius 3 is 2.06 bits per heavy atom. The van der Waals surface area contributed by atoms with Gasteiger partial charge in [-0.3, -0.25) is 4.57 Å². The number of para-hydroxylation sites is 3. The molecule has 47 heavy (non-hydrogen) atoms. The van der Waals surface area contributed by atoms with Crippen molar-refractivity contribution < 1.29 is 0 Å². The second-order valence-electron chi connectivity index (χ2n) is 11.4. The molecule has 10 aromatic rings. The number of rotatable bonds is 3. The first-order valence-corrected chi connectivity index (χ1v) is 15.2. The van der Waals surface area contributed by atoms with Gasteiger partial charge in [-0.1, -0.05) is 60.7 Å². The summed E-state index contributed by atoms with van der Waals surface area (Å²) in [5.41, 5.74) is 7.46. The highest BCUT2D eigenvalue weighted by molar-refractivity contribution is 6.11. The largest absolute Gasteiger partial charge is 0.277 e. The van der Waals surface area contributed by atoms with Crippen molar-refractivity contribution in [3.63, 3.8) is 0 Å². The van der Waals surface area contributed by atoms with Gasteiger partial charge >= 0.3 is 0 Å². The lowest BCUT2D eigenvalue weighted by Crippen LogP contribution is -2.04. The molecule has 0 spiro atoms. The van der Waals surface area contributed by atoms with Crippen LogP contribution >= 0.6 is 0 Å². The fraction of sp³-hybridized carbons (Fsp3) is 0. The number of pyridine rings is 2. The van der Waals surface area contributed by atoms with E-state index in [0.717, 1.165) is 82.4 Å². The van der Waals surface area contributed by atoms with Crippen LogP contribution in [0.5, 0.6) is 0 Å². The van der Waals surface area contributed by atoms with E-state index >= 15 is 0 Å². The lowest BCUT2D eigenvalue weighted by atomic mass is 10.0. The van der Waals surface area contributed by atoms with Crippen molar-refractivity contribution in [1.82, 2.24) is 44.4 Å². The zero-order chi connectivity index (χ0) is 30.9. The Morgan fingerprint density at radius 1 is 0.468 bits per heavy atom. The highest BCUT2D eigenvalue weighted by atomic mass is 15.1. The summed E-state index contributed by atoms with van der Waals surface area (Å²) in [5, 5.41) is 5.83. The molecule has 0 amide bonds. The zero-order valence-corrected chi connectivity index (χ0v) is 24.6. The van der Waals surface area contributed by atoms with Gasteiger partial charge in [0.2, 0.25) is 0 Å². The molecule has 0 bridgehead atoms. The summed E-state index contributed by atoms with van der Waals surface area (Å²) >= 11 is 0. The van der Waals surface area contributed by atoms with Crippen LogP contribution in [0.25, 0.3) is 94.0 Å². The maximum absolute atomic E-state index is 5.30. The molecule has 218 valence electrons. The topological polar surface area (TPSA) is 108 Å². The standard InChI is InChI=1S/C38H21N9/c1-2-12-31-25(8-1)26-11-5-17-41-37(26)47(31)38-29-15-13-22-14-16-30(27-9-3-6-23-18-39-20-42-32(23)27)44-34(22)35(29)45-36(46-38)28-10-4-7-24-19-40-21-43-33(24)28/h1-21H. The Bertz CT molecular complexity index is 2810. The van der Waals surface area contributed by atoms with E-state index < -0.39 is 0 Å². The summed E-state index contributed by atoms with van der Waals surface area (Å²) < 4.78 is 2.13. The third-order valence-corrected chi connectivity index (χ3v) is 8.74. The number of fused-ring (bicyclic) bond motifs is 8. The molecule has 0 radical (unpaired) electrons. The Morgan fingerprint density at radius 2 is 1.21 bits per heavy atom. The first-order valence-electron chi connectivity index (χ1n) is 15.2.